The number of nitrogen functional groups attached to an aromatic ring is 1. The van der Waals surface area contributed by atoms with E-state index in [0.29, 0.717) is 29.7 Å². The van der Waals surface area contributed by atoms with Crippen molar-refractivity contribution in [1.29, 1.82) is 0 Å². The summed E-state index contributed by atoms with van der Waals surface area (Å²) in [7, 11) is -4.25. The fourth-order valence-electron chi connectivity index (χ4n) is 4.46. The Balaban J connectivity index is 1.77. The van der Waals surface area contributed by atoms with E-state index in [-0.39, 0.29) is 27.9 Å². The number of hydrogen-bond acceptors (Lipinski definition) is 8. The summed E-state index contributed by atoms with van der Waals surface area (Å²) in [5.41, 5.74) is 7.09. The van der Waals surface area contributed by atoms with Crippen molar-refractivity contribution >= 4 is 27.6 Å². The Bertz CT molecular complexity index is 1420. The molecule has 1 aromatic carbocycles. The quantitative estimate of drug-likeness (QED) is 0.470. The molecule has 3 N–H and O–H groups in total. The molecule has 4 rings (SSSR count). The molecule has 1 aliphatic heterocycles. The summed E-state index contributed by atoms with van der Waals surface area (Å²) in [5, 5.41) is 0. The Morgan fingerprint density at radius 1 is 1.19 bits per heavy atom. The van der Waals surface area contributed by atoms with Gasteiger partial charge in [0.2, 0.25) is 0 Å². The van der Waals surface area contributed by atoms with Gasteiger partial charge in [-0.05, 0) is 76.4 Å². The van der Waals surface area contributed by atoms with Gasteiger partial charge >= 0.3 is 0 Å². The highest BCUT2D eigenvalue weighted by Gasteiger charge is 2.41. The molecule has 0 saturated carbocycles. The predicted octanol–water partition coefficient (Wildman–Crippen LogP) is 4.26. The van der Waals surface area contributed by atoms with Crippen LogP contribution in [0.5, 0.6) is 5.75 Å². The molecule has 196 valence electrons. The van der Waals surface area contributed by atoms with E-state index in [1.807, 2.05) is 38.1 Å². The SMILES string of the molecule is CC(C)Oc1cccc(-c2ccc(C(=O)NS(=O)(=O)c3cccnc3N)c(N3CCC(C)C3(C)C)n2)c1. The number of anilines is 2. The van der Waals surface area contributed by atoms with Crippen molar-refractivity contribution in [2.45, 2.75) is 57.6 Å². The first-order valence-electron chi connectivity index (χ1n) is 12.2. The Morgan fingerprint density at radius 3 is 2.59 bits per heavy atom. The van der Waals surface area contributed by atoms with Crippen LogP contribution in [0.2, 0.25) is 0 Å². The fourth-order valence-corrected chi connectivity index (χ4v) is 5.51. The third-order valence-electron chi connectivity index (χ3n) is 6.88. The second-order valence-corrected chi connectivity index (χ2v) is 11.7. The lowest BCUT2D eigenvalue weighted by molar-refractivity contribution is 0.0981. The first-order chi connectivity index (χ1) is 17.4. The average Bonchev–Trinajstić information content (AvgIpc) is 3.10. The summed E-state index contributed by atoms with van der Waals surface area (Å²) in [4.78, 5) is 23.9. The number of hydrogen-bond donors (Lipinski definition) is 2. The highest BCUT2D eigenvalue weighted by atomic mass is 32.2. The van der Waals surface area contributed by atoms with Gasteiger partial charge in [0, 0.05) is 23.8 Å². The maximum atomic E-state index is 13.4. The number of pyridine rings is 2. The number of aromatic nitrogens is 2. The molecule has 1 aliphatic rings. The number of ether oxygens (including phenoxy) is 1. The number of benzene rings is 1. The minimum atomic E-state index is -4.25. The minimum absolute atomic E-state index is 0.0209. The molecule has 0 spiro atoms. The van der Waals surface area contributed by atoms with E-state index in [4.69, 9.17) is 15.5 Å². The third kappa shape index (κ3) is 5.39. The highest BCUT2D eigenvalue weighted by molar-refractivity contribution is 7.90. The van der Waals surface area contributed by atoms with Crippen LogP contribution in [0, 0.1) is 5.92 Å². The van der Waals surface area contributed by atoms with Crippen molar-refractivity contribution in [3.05, 3.63) is 60.3 Å². The number of carbonyl (C=O) groups is 1. The number of rotatable bonds is 7. The van der Waals surface area contributed by atoms with Crippen LogP contribution in [0.25, 0.3) is 11.3 Å². The number of nitrogens with zero attached hydrogens (tertiary/aromatic N) is 3. The Labute approximate surface area is 218 Å². The maximum Gasteiger partial charge on any atom is 0.268 e. The molecule has 1 fully saturated rings. The molecular formula is C27H33N5O4S. The van der Waals surface area contributed by atoms with Gasteiger partial charge in [-0.2, -0.15) is 0 Å². The van der Waals surface area contributed by atoms with Crippen LogP contribution >= 0.6 is 0 Å². The van der Waals surface area contributed by atoms with E-state index in [1.165, 1.54) is 18.3 Å². The van der Waals surface area contributed by atoms with Gasteiger partial charge in [0.05, 0.1) is 17.4 Å². The first-order valence-corrected chi connectivity index (χ1v) is 13.7. The molecule has 0 aliphatic carbocycles. The van der Waals surface area contributed by atoms with E-state index in [0.717, 1.165) is 12.0 Å². The van der Waals surface area contributed by atoms with Crippen LogP contribution in [0.3, 0.4) is 0 Å². The molecule has 1 saturated heterocycles. The molecule has 1 amide bonds. The summed E-state index contributed by atoms with van der Waals surface area (Å²) in [6.45, 7) is 11.0. The Morgan fingerprint density at radius 2 is 1.95 bits per heavy atom. The van der Waals surface area contributed by atoms with Crippen LogP contribution < -0.4 is 20.1 Å². The van der Waals surface area contributed by atoms with Crippen molar-refractivity contribution in [2.24, 2.45) is 5.92 Å². The van der Waals surface area contributed by atoms with Gasteiger partial charge in [-0.3, -0.25) is 4.79 Å². The van der Waals surface area contributed by atoms with E-state index in [9.17, 15) is 13.2 Å². The van der Waals surface area contributed by atoms with E-state index >= 15 is 0 Å². The molecule has 10 heteroatoms. The Hall–Kier alpha value is -3.66. The summed E-state index contributed by atoms with van der Waals surface area (Å²) < 4.78 is 33.9. The van der Waals surface area contributed by atoms with Crippen molar-refractivity contribution in [1.82, 2.24) is 14.7 Å². The van der Waals surface area contributed by atoms with Crippen LogP contribution in [0.15, 0.2) is 59.6 Å². The largest absolute Gasteiger partial charge is 0.491 e. The van der Waals surface area contributed by atoms with Crippen LogP contribution in [0.1, 0.15) is 51.4 Å². The van der Waals surface area contributed by atoms with Gasteiger partial charge in [0.1, 0.15) is 22.3 Å². The van der Waals surface area contributed by atoms with E-state index < -0.39 is 15.9 Å². The topological polar surface area (TPSA) is 128 Å². The van der Waals surface area contributed by atoms with Gasteiger partial charge in [-0.25, -0.2) is 23.1 Å². The summed E-state index contributed by atoms with van der Waals surface area (Å²) in [6.07, 6.45) is 2.32. The molecule has 9 nitrogen and oxygen atoms in total. The standard InChI is InChI=1S/C27H33N5O4S/c1-17(2)36-20-9-6-8-19(16-20)22-12-11-21(25(30-22)32-15-13-18(3)27(32,4)5)26(33)31-37(34,35)23-10-7-14-29-24(23)28/h6-12,14,16-18H,13,15H2,1-5H3,(H2,28,29)(H,31,33). The molecule has 37 heavy (non-hydrogen) atoms. The van der Waals surface area contributed by atoms with E-state index in [2.05, 4.69) is 35.4 Å². The van der Waals surface area contributed by atoms with Crippen molar-refractivity contribution in [2.75, 3.05) is 17.2 Å². The monoisotopic (exact) mass is 523 g/mol. The van der Waals surface area contributed by atoms with Crippen molar-refractivity contribution in [3.8, 4) is 17.0 Å². The normalized spacial score (nSPS) is 17.1. The fraction of sp³-hybridized carbons (Fsp3) is 0.370. The second-order valence-electron chi connectivity index (χ2n) is 10.1. The lowest BCUT2D eigenvalue weighted by Gasteiger charge is -2.36. The van der Waals surface area contributed by atoms with Gasteiger partial charge in [0.15, 0.2) is 0 Å². The molecule has 1 unspecified atom stereocenters. The number of amides is 1. The number of sulfonamides is 1. The number of nitrogens with two attached hydrogens (primary N) is 1. The van der Waals surface area contributed by atoms with Crippen molar-refractivity contribution < 1.29 is 17.9 Å². The molecule has 0 radical (unpaired) electrons. The molecule has 3 aromatic rings. The van der Waals surface area contributed by atoms with Gasteiger partial charge < -0.3 is 15.4 Å². The predicted molar refractivity (Wildman–Crippen MR) is 144 cm³/mol. The molecule has 2 aromatic heterocycles. The number of carbonyl (C=O) groups excluding carboxylic acids is 1. The lowest BCUT2D eigenvalue weighted by atomic mass is 9.90. The maximum absolute atomic E-state index is 13.4. The van der Waals surface area contributed by atoms with Gasteiger partial charge in [-0.1, -0.05) is 19.1 Å². The lowest BCUT2D eigenvalue weighted by Crippen LogP contribution is -2.43. The minimum Gasteiger partial charge on any atom is -0.491 e. The zero-order chi connectivity index (χ0) is 27.0. The number of nitrogens with one attached hydrogen (secondary N) is 1. The highest BCUT2D eigenvalue weighted by Crippen LogP contribution is 2.39. The molecule has 3 heterocycles. The van der Waals surface area contributed by atoms with Crippen LogP contribution in [0.4, 0.5) is 11.6 Å². The molecule has 0 bridgehead atoms. The summed E-state index contributed by atoms with van der Waals surface area (Å²) in [6, 6.07) is 13.7. The van der Waals surface area contributed by atoms with Gasteiger partial charge in [-0.15, -0.1) is 0 Å². The second kappa shape index (κ2) is 10.0. The average molecular weight is 524 g/mol. The first kappa shape index (κ1) is 26.4. The van der Waals surface area contributed by atoms with Crippen LogP contribution in [-0.2, 0) is 10.0 Å². The van der Waals surface area contributed by atoms with Gasteiger partial charge in [0.25, 0.3) is 15.9 Å². The Kier molecular flexibility index (Phi) is 7.14. The summed E-state index contributed by atoms with van der Waals surface area (Å²) in [5.74, 6) is 0.511. The van der Waals surface area contributed by atoms with E-state index in [1.54, 1.807) is 12.1 Å². The molecular weight excluding hydrogens is 490 g/mol. The zero-order valence-electron chi connectivity index (χ0n) is 21.7. The smallest absolute Gasteiger partial charge is 0.268 e. The third-order valence-corrected chi connectivity index (χ3v) is 8.26. The van der Waals surface area contributed by atoms with Crippen LogP contribution in [-0.4, -0.2) is 42.5 Å². The summed E-state index contributed by atoms with van der Waals surface area (Å²) >= 11 is 0. The zero-order valence-corrected chi connectivity index (χ0v) is 22.5. The van der Waals surface area contributed by atoms with Crippen molar-refractivity contribution in [3.63, 3.8) is 0 Å². The molecule has 1 atom stereocenters.